The van der Waals surface area contributed by atoms with Gasteiger partial charge in [-0.15, -0.1) is 0 Å². The topological polar surface area (TPSA) is 48.9 Å². The molecule has 1 fully saturated rings. The third-order valence-electron chi connectivity index (χ3n) is 2.66. The molecule has 1 aliphatic rings. The van der Waals surface area contributed by atoms with Gasteiger partial charge in [-0.3, -0.25) is 4.98 Å². The van der Waals surface area contributed by atoms with Crippen molar-refractivity contribution >= 4 is 11.0 Å². The Labute approximate surface area is 75.4 Å². The SMILES string of the molecule is OC1(c2cnc3cc[nH]c3c2)CC1. The van der Waals surface area contributed by atoms with Gasteiger partial charge in [-0.05, 0) is 25.0 Å². The zero-order valence-electron chi connectivity index (χ0n) is 7.12. The van der Waals surface area contributed by atoms with Crippen molar-refractivity contribution in [2.45, 2.75) is 18.4 Å². The molecule has 1 aliphatic carbocycles. The van der Waals surface area contributed by atoms with E-state index in [-0.39, 0.29) is 0 Å². The number of pyridine rings is 1. The van der Waals surface area contributed by atoms with Gasteiger partial charge >= 0.3 is 0 Å². The molecule has 2 aromatic heterocycles. The molecule has 3 heteroatoms. The minimum atomic E-state index is -0.577. The number of H-pyrrole nitrogens is 1. The third-order valence-corrected chi connectivity index (χ3v) is 2.66. The Bertz CT molecular complexity index is 457. The molecule has 0 spiro atoms. The highest BCUT2D eigenvalue weighted by molar-refractivity contribution is 5.75. The van der Waals surface area contributed by atoms with E-state index in [1.165, 1.54) is 0 Å². The smallest absolute Gasteiger partial charge is 0.0914 e. The summed E-state index contributed by atoms with van der Waals surface area (Å²) in [6, 6.07) is 3.91. The number of nitrogens with zero attached hydrogens (tertiary/aromatic N) is 1. The van der Waals surface area contributed by atoms with Crippen molar-refractivity contribution in [3.05, 3.63) is 30.1 Å². The van der Waals surface area contributed by atoms with Gasteiger partial charge in [0.05, 0.1) is 16.6 Å². The first-order valence-electron chi connectivity index (χ1n) is 4.44. The zero-order valence-corrected chi connectivity index (χ0v) is 7.12. The average molecular weight is 174 g/mol. The highest BCUT2D eigenvalue weighted by atomic mass is 16.3. The van der Waals surface area contributed by atoms with Gasteiger partial charge in [0, 0.05) is 18.0 Å². The average Bonchev–Trinajstić information content (AvgIpc) is 2.74. The van der Waals surface area contributed by atoms with Crippen molar-refractivity contribution in [1.29, 1.82) is 0 Å². The van der Waals surface area contributed by atoms with Crippen LogP contribution in [-0.2, 0) is 5.60 Å². The Balaban J connectivity index is 2.20. The van der Waals surface area contributed by atoms with E-state index >= 15 is 0 Å². The molecule has 66 valence electrons. The molecule has 1 saturated carbocycles. The van der Waals surface area contributed by atoms with E-state index in [0.29, 0.717) is 0 Å². The molecule has 0 saturated heterocycles. The summed E-state index contributed by atoms with van der Waals surface area (Å²) in [5.74, 6) is 0. The Kier molecular flexibility index (Phi) is 1.15. The van der Waals surface area contributed by atoms with Crippen molar-refractivity contribution in [1.82, 2.24) is 9.97 Å². The fourth-order valence-electron chi connectivity index (χ4n) is 1.60. The number of hydrogen-bond donors (Lipinski definition) is 2. The highest BCUT2D eigenvalue weighted by Crippen LogP contribution is 2.45. The van der Waals surface area contributed by atoms with Crippen LogP contribution in [0, 0.1) is 0 Å². The molecule has 0 unspecified atom stereocenters. The van der Waals surface area contributed by atoms with Crippen molar-refractivity contribution in [2.24, 2.45) is 0 Å². The molecule has 13 heavy (non-hydrogen) atoms. The summed E-state index contributed by atoms with van der Waals surface area (Å²) in [6.07, 6.45) is 5.35. The second-order valence-corrected chi connectivity index (χ2v) is 3.67. The number of aromatic amines is 1. The van der Waals surface area contributed by atoms with Crippen molar-refractivity contribution < 1.29 is 5.11 Å². The largest absolute Gasteiger partial charge is 0.385 e. The van der Waals surface area contributed by atoms with E-state index in [0.717, 1.165) is 29.4 Å². The van der Waals surface area contributed by atoms with Gasteiger partial charge in [-0.2, -0.15) is 0 Å². The van der Waals surface area contributed by atoms with Gasteiger partial charge in [0.2, 0.25) is 0 Å². The summed E-state index contributed by atoms with van der Waals surface area (Å²) in [5, 5.41) is 9.84. The van der Waals surface area contributed by atoms with E-state index in [2.05, 4.69) is 9.97 Å². The number of aromatic nitrogens is 2. The van der Waals surface area contributed by atoms with Crippen LogP contribution in [0.2, 0.25) is 0 Å². The van der Waals surface area contributed by atoms with Gasteiger partial charge in [-0.1, -0.05) is 0 Å². The first-order valence-corrected chi connectivity index (χ1v) is 4.44. The van der Waals surface area contributed by atoms with Gasteiger partial charge in [0.1, 0.15) is 0 Å². The van der Waals surface area contributed by atoms with Crippen LogP contribution in [-0.4, -0.2) is 15.1 Å². The number of rotatable bonds is 1. The van der Waals surface area contributed by atoms with E-state index in [4.69, 9.17) is 0 Å². The number of aliphatic hydroxyl groups is 1. The van der Waals surface area contributed by atoms with Crippen LogP contribution < -0.4 is 0 Å². The maximum absolute atomic E-state index is 9.84. The first kappa shape index (κ1) is 7.09. The molecule has 0 atom stereocenters. The monoisotopic (exact) mass is 174 g/mol. The molecule has 3 rings (SSSR count). The highest BCUT2D eigenvalue weighted by Gasteiger charge is 2.42. The first-order chi connectivity index (χ1) is 6.28. The summed E-state index contributed by atoms with van der Waals surface area (Å²) in [6.45, 7) is 0. The Morgan fingerprint density at radius 3 is 3.08 bits per heavy atom. The van der Waals surface area contributed by atoms with Gasteiger partial charge < -0.3 is 10.1 Å². The molecule has 0 bridgehead atoms. The summed E-state index contributed by atoms with van der Waals surface area (Å²) in [5.41, 5.74) is 2.31. The fraction of sp³-hybridized carbons (Fsp3) is 0.300. The Hall–Kier alpha value is -1.35. The molecule has 2 aromatic rings. The van der Waals surface area contributed by atoms with Crippen LogP contribution in [0.5, 0.6) is 0 Å². The minimum absolute atomic E-state index is 0.577. The molecule has 0 aromatic carbocycles. The standard InChI is InChI=1S/C10H10N2O/c13-10(2-3-10)7-5-9-8(12-6-7)1-4-11-9/h1,4-6,11,13H,2-3H2. The number of fused-ring (bicyclic) bond motifs is 1. The maximum atomic E-state index is 9.84. The lowest BCUT2D eigenvalue weighted by molar-refractivity contribution is 0.151. The molecule has 0 aliphatic heterocycles. The van der Waals surface area contributed by atoms with Crippen LogP contribution in [0.4, 0.5) is 0 Å². The summed E-state index contributed by atoms with van der Waals surface area (Å²) in [7, 11) is 0. The second kappa shape index (κ2) is 2.12. The normalized spacial score (nSPS) is 19.2. The van der Waals surface area contributed by atoms with Crippen LogP contribution in [0.3, 0.4) is 0 Å². The second-order valence-electron chi connectivity index (χ2n) is 3.67. The predicted octanol–water partition coefficient (Wildman–Crippen LogP) is 1.54. The minimum Gasteiger partial charge on any atom is -0.385 e. The maximum Gasteiger partial charge on any atom is 0.0914 e. The fourth-order valence-corrected chi connectivity index (χ4v) is 1.60. The van der Waals surface area contributed by atoms with Crippen molar-refractivity contribution in [3.63, 3.8) is 0 Å². The van der Waals surface area contributed by atoms with Gasteiger partial charge in [0.25, 0.3) is 0 Å². The molecule has 2 heterocycles. The predicted molar refractivity (Wildman–Crippen MR) is 49.2 cm³/mol. The van der Waals surface area contributed by atoms with Gasteiger partial charge in [0.15, 0.2) is 0 Å². The summed E-state index contributed by atoms with van der Waals surface area (Å²) < 4.78 is 0. The zero-order chi connectivity index (χ0) is 8.89. The molecule has 0 radical (unpaired) electrons. The van der Waals surface area contributed by atoms with E-state index < -0.39 is 5.60 Å². The molecule has 0 amide bonds. The quantitative estimate of drug-likeness (QED) is 0.689. The summed E-state index contributed by atoms with van der Waals surface area (Å²) in [4.78, 5) is 7.34. The molecular weight excluding hydrogens is 164 g/mol. The summed E-state index contributed by atoms with van der Waals surface area (Å²) >= 11 is 0. The third kappa shape index (κ3) is 0.971. The van der Waals surface area contributed by atoms with E-state index in [1.54, 1.807) is 6.20 Å². The molecular formula is C10H10N2O. The number of nitrogens with one attached hydrogen (secondary N) is 1. The van der Waals surface area contributed by atoms with Crippen molar-refractivity contribution in [2.75, 3.05) is 0 Å². The van der Waals surface area contributed by atoms with Crippen LogP contribution in [0.1, 0.15) is 18.4 Å². The lowest BCUT2D eigenvalue weighted by atomic mass is 10.1. The van der Waals surface area contributed by atoms with E-state index in [1.807, 2.05) is 18.3 Å². The van der Waals surface area contributed by atoms with Crippen molar-refractivity contribution in [3.8, 4) is 0 Å². The molecule has 2 N–H and O–H groups in total. The van der Waals surface area contributed by atoms with E-state index in [9.17, 15) is 5.11 Å². The Morgan fingerprint density at radius 1 is 1.46 bits per heavy atom. The lowest BCUT2D eigenvalue weighted by Crippen LogP contribution is -2.04. The number of hydrogen-bond acceptors (Lipinski definition) is 2. The molecule has 3 nitrogen and oxygen atoms in total. The van der Waals surface area contributed by atoms with Gasteiger partial charge in [-0.25, -0.2) is 0 Å². The van der Waals surface area contributed by atoms with Crippen LogP contribution >= 0.6 is 0 Å². The van der Waals surface area contributed by atoms with Crippen LogP contribution in [0.25, 0.3) is 11.0 Å². The lowest BCUT2D eigenvalue weighted by Gasteiger charge is -2.06. The van der Waals surface area contributed by atoms with Crippen LogP contribution in [0.15, 0.2) is 24.5 Å². The Morgan fingerprint density at radius 2 is 2.31 bits per heavy atom.